The molecule has 0 aromatic heterocycles. The number of carbonyl (C=O) groups excluding carboxylic acids is 1. The van der Waals surface area contributed by atoms with E-state index in [4.69, 9.17) is 0 Å². The lowest BCUT2D eigenvalue weighted by Crippen LogP contribution is -2.46. The molecule has 4 nitrogen and oxygen atoms in total. The first-order valence-electron chi connectivity index (χ1n) is 6.97. The molecule has 1 aliphatic rings. The number of phenols is 1. The molecule has 1 aromatic carbocycles. The third kappa shape index (κ3) is 4.31. The van der Waals surface area contributed by atoms with Gasteiger partial charge in [0.05, 0.1) is 17.4 Å². The molecule has 134 valence electrons. The van der Waals surface area contributed by atoms with Crippen molar-refractivity contribution in [1.82, 2.24) is 5.32 Å². The summed E-state index contributed by atoms with van der Waals surface area (Å²) < 4.78 is 76.2. The summed E-state index contributed by atoms with van der Waals surface area (Å²) in [6, 6.07) is 2.33. The minimum absolute atomic E-state index is 0.00260. The van der Waals surface area contributed by atoms with Gasteiger partial charge < -0.3 is 15.7 Å². The highest BCUT2D eigenvalue weighted by Gasteiger charge is 2.43. The van der Waals surface area contributed by atoms with Crippen molar-refractivity contribution in [2.75, 3.05) is 18.4 Å². The van der Waals surface area contributed by atoms with E-state index in [0.29, 0.717) is 6.07 Å². The summed E-state index contributed by atoms with van der Waals surface area (Å²) in [6.07, 6.45) is -9.71. The van der Waals surface area contributed by atoms with Crippen LogP contribution >= 0.6 is 0 Å². The van der Waals surface area contributed by atoms with Crippen LogP contribution in [0.25, 0.3) is 0 Å². The lowest BCUT2D eigenvalue weighted by atomic mass is 9.89. The van der Waals surface area contributed by atoms with Crippen molar-refractivity contribution in [3.05, 3.63) is 23.8 Å². The van der Waals surface area contributed by atoms with E-state index in [1.165, 1.54) is 0 Å². The molecule has 24 heavy (non-hydrogen) atoms. The zero-order valence-electron chi connectivity index (χ0n) is 12.1. The van der Waals surface area contributed by atoms with Crippen LogP contribution in [-0.4, -0.2) is 30.3 Å². The lowest BCUT2D eigenvalue weighted by Gasteiger charge is -2.30. The Hall–Kier alpha value is -1.97. The van der Waals surface area contributed by atoms with Crippen molar-refractivity contribution in [3.8, 4) is 5.75 Å². The van der Waals surface area contributed by atoms with Crippen LogP contribution in [0.1, 0.15) is 12.0 Å². The molecule has 1 aliphatic heterocycles. The number of rotatable bonds is 2. The molecule has 1 saturated heterocycles. The summed E-state index contributed by atoms with van der Waals surface area (Å²) in [5.74, 6) is -4.52. The van der Waals surface area contributed by atoms with Crippen molar-refractivity contribution >= 4 is 11.6 Å². The quantitative estimate of drug-likeness (QED) is 0.564. The summed E-state index contributed by atoms with van der Waals surface area (Å²) in [5.41, 5.74) is -1.59. The van der Waals surface area contributed by atoms with Gasteiger partial charge >= 0.3 is 12.4 Å². The van der Waals surface area contributed by atoms with Crippen LogP contribution in [0.15, 0.2) is 18.2 Å². The van der Waals surface area contributed by atoms with E-state index in [1.807, 2.05) is 0 Å². The molecule has 2 unspecified atom stereocenters. The number of hydrogen-bond donors (Lipinski definition) is 3. The number of alkyl halides is 6. The van der Waals surface area contributed by atoms with E-state index in [2.05, 4.69) is 10.6 Å². The summed E-state index contributed by atoms with van der Waals surface area (Å²) in [7, 11) is 0. The van der Waals surface area contributed by atoms with E-state index in [0.717, 1.165) is 12.1 Å². The number of piperidine rings is 1. The predicted molar refractivity (Wildman–Crippen MR) is 72.3 cm³/mol. The number of anilines is 1. The van der Waals surface area contributed by atoms with Gasteiger partial charge in [-0.2, -0.15) is 26.3 Å². The third-order valence-corrected chi connectivity index (χ3v) is 3.75. The average molecular weight is 356 g/mol. The van der Waals surface area contributed by atoms with Crippen molar-refractivity contribution in [2.45, 2.75) is 18.8 Å². The third-order valence-electron chi connectivity index (χ3n) is 3.75. The van der Waals surface area contributed by atoms with Gasteiger partial charge in [0.2, 0.25) is 5.91 Å². The summed E-state index contributed by atoms with van der Waals surface area (Å²) >= 11 is 0. The number of benzene rings is 1. The summed E-state index contributed by atoms with van der Waals surface area (Å²) in [6.45, 7) is -0.298. The Morgan fingerprint density at radius 1 is 1.17 bits per heavy atom. The number of carbonyl (C=O) groups is 1. The molecule has 1 amide bonds. The molecular weight excluding hydrogens is 342 g/mol. The second kappa shape index (κ2) is 6.50. The largest absolute Gasteiger partial charge is 0.507 e. The first-order chi connectivity index (χ1) is 11.0. The van der Waals surface area contributed by atoms with E-state index in [1.54, 1.807) is 0 Å². The first-order valence-corrected chi connectivity index (χ1v) is 6.97. The Balaban J connectivity index is 2.10. The maximum atomic E-state index is 12.7. The SMILES string of the molecule is O=C(Nc1ccc(O)c(C(F)(F)F)c1)C1CNCC(C(F)(F)F)C1. The van der Waals surface area contributed by atoms with Crippen molar-refractivity contribution in [1.29, 1.82) is 0 Å². The van der Waals surface area contributed by atoms with Gasteiger partial charge in [0.1, 0.15) is 5.75 Å². The maximum Gasteiger partial charge on any atom is 0.420 e. The van der Waals surface area contributed by atoms with E-state index in [-0.39, 0.29) is 18.8 Å². The van der Waals surface area contributed by atoms with Gasteiger partial charge in [-0.1, -0.05) is 0 Å². The number of amides is 1. The second-order valence-corrected chi connectivity index (χ2v) is 5.55. The summed E-state index contributed by atoms with van der Waals surface area (Å²) in [5, 5.41) is 13.9. The van der Waals surface area contributed by atoms with E-state index in [9.17, 15) is 36.2 Å². The Morgan fingerprint density at radius 3 is 2.42 bits per heavy atom. The van der Waals surface area contributed by atoms with E-state index >= 15 is 0 Å². The zero-order chi connectivity index (χ0) is 18.1. The fourth-order valence-corrected chi connectivity index (χ4v) is 2.48. The minimum Gasteiger partial charge on any atom is -0.507 e. The normalized spacial score (nSPS) is 22.2. The van der Waals surface area contributed by atoms with Crippen molar-refractivity contribution < 1.29 is 36.2 Å². The zero-order valence-corrected chi connectivity index (χ0v) is 12.1. The van der Waals surface area contributed by atoms with Gasteiger partial charge in [0.15, 0.2) is 0 Å². The van der Waals surface area contributed by atoms with Gasteiger partial charge in [-0.15, -0.1) is 0 Å². The molecular formula is C14H14F6N2O2. The molecule has 10 heteroatoms. The molecule has 2 atom stereocenters. The van der Waals surface area contributed by atoms with Gasteiger partial charge in [-0.05, 0) is 24.6 Å². The Bertz CT molecular complexity index is 614. The van der Waals surface area contributed by atoms with Gasteiger partial charge in [0.25, 0.3) is 0 Å². The van der Waals surface area contributed by atoms with Crippen LogP contribution in [0.2, 0.25) is 0 Å². The topological polar surface area (TPSA) is 61.4 Å². The van der Waals surface area contributed by atoms with Crippen LogP contribution in [0.5, 0.6) is 5.75 Å². The van der Waals surface area contributed by atoms with Gasteiger partial charge in [-0.3, -0.25) is 4.79 Å². The van der Waals surface area contributed by atoms with Gasteiger partial charge in [-0.25, -0.2) is 0 Å². The van der Waals surface area contributed by atoms with Crippen molar-refractivity contribution in [2.24, 2.45) is 11.8 Å². The lowest BCUT2D eigenvalue weighted by molar-refractivity contribution is -0.181. The molecule has 0 bridgehead atoms. The minimum atomic E-state index is -4.82. The first kappa shape index (κ1) is 18.4. The molecule has 3 N–H and O–H groups in total. The number of nitrogens with one attached hydrogen (secondary N) is 2. The molecule has 0 saturated carbocycles. The molecule has 1 heterocycles. The van der Waals surface area contributed by atoms with Crippen molar-refractivity contribution in [3.63, 3.8) is 0 Å². The monoisotopic (exact) mass is 356 g/mol. The number of halogens is 6. The van der Waals surface area contributed by atoms with Crippen LogP contribution in [0.4, 0.5) is 32.0 Å². The predicted octanol–water partition coefficient (Wildman–Crippen LogP) is 3.14. The molecule has 0 spiro atoms. The number of aromatic hydroxyl groups is 1. The van der Waals surface area contributed by atoms with Gasteiger partial charge in [0, 0.05) is 18.8 Å². The Kier molecular flexibility index (Phi) is 4.97. The number of phenolic OH excluding ortho intramolecular Hbond substituents is 1. The summed E-state index contributed by atoms with van der Waals surface area (Å²) in [4.78, 5) is 12.0. The Labute approximate surface area is 132 Å². The molecule has 1 fully saturated rings. The fourth-order valence-electron chi connectivity index (χ4n) is 2.48. The smallest absolute Gasteiger partial charge is 0.420 e. The van der Waals surface area contributed by atoms with Crippen LogP contribution in [0.3, 0.4) is 0 Å². The van der Waals surface area contributed by atoms with Crippen LogP contribution in [0, 0.1) is 11.8 Å². The standard InChI is InChI=1S/C14H14F6N2O2/c15-13(16,17)8-3-7(5-21-6-8)12(24)22-9-1-2-11(23)10(4-9)14(18,19)20/h1-2,4,7-8,21,23H,3,5-6H2,(H,22,24). The fraction of sp³-hybridized carbons (Fsp3) is 0.500. The highest BCUT2D eigenvalue weighted by atomic mass is 19.4. The molecule has 2 rings (SSSR count). The van der Waals surface area contributed by atoms with Crippen LogP contribution < -0.4 is 10.6 Å². The maximum absolute atomic E-state index is 12.7. The second-order valence-electron chi connectivity index (χ2n) is 5.55. The number of hydrogen-bond acceptors (Lipinski definition) is 3. The Morgan fingerprint density at radius 2 is 1.83 bits per heavy atom. The van der Waals surface area contributed by atoms with Crippen LogP contribution in [-0.2, 0) is 11.0 Å². The molecule has 0 aliphatic carbocycles. The highest BCUT2D eigenvalue weighted by molar-refractivity contribution is 5.93. The van der Waals surface area contributed by atoms with E-state index < -0.39 is 47.8 Å². The average Bonchev–Trinajstić information content (AvgIpc) is 2.47. The molecule has 0 radical (unpaired) electrons. The molecule has 1 aromatic rings. The highest BCUT2D eigenvalue weighted by Crippen LogP contribution is 2.37.